The first-order valence-corrected chi connectivity index (χ1v) is 26.2. The summed E-state index contributed by atoms with van der Waals surface area (Å²) in [5, 5.41) is 0. The van der Waals surface area contributed by atoms with Crippen molar-refractivity contribution in [1.82, 2.24) is 0 Å². The van der Waals surface area contributed by atoms with Gasteiger partial charge in [-0.05, 0) is 62.1 Å². The highest BCUT2D eigenvalue weighted by atomic mass is 17.2. The van der Waals surface area contributed by atoms with Crippen LogP contribution in [-0.4, -0.2) is 121 Å². The summed E-state index contributed by atoms with van der Waals surface area (Å²) < 4.78 is 63.8. The molecule has 0 unspecified atom stereocenters. The second-order valence-electron chi connectivity index (χ2n) is 16.6. The number of rotatable bonds is 45. The molecule has 0 amide bonds. The molecule has 0 spiro atoms. The third-order valence-corrected chi connectivity index (χ3v) is 10.5. The van der Waals surface area contributed by atoms with E-state index in [-0.39, 0.29) is 108 Å². The lowest BCUT2D eigenvalue weighted by Gasteiger charge is -2.27. The monoisotopic (exact) mass is 1140 g/mol. The SMILES string of the molecule is C=C=COOCCCOc1ccc(/C=C/C(=O)OC2CCC(OC(=O)/C=C/c3ccc(OCCCOC(=O)C=C)c(OCCCOC(=O)C=C)c3OCCCOOC=C=C)CC2)c(OCCCOC(=O)C=C)c1OCCCOOC=C=C. The van der Waals surface area contributed by atoms with Crippen LogP contribution in [0.15, 0.2) is 130 Å². The molecule has 1 aliphatic rings. The van der Waals surface area contributed by atoms with Crippen LogP contribution in [0.2, 0.25) is 0 Å². The van der Waals surface area contributed by atoms with E-state index in [1.54, 1.807) is 24.3 Å². The Morgan fingerprint density at radius 3 is 1.02 bits per heavy atom. The third kappa shape index (κ3) is 28.8. The molecule has 0 radical (unpaired) electrons. The maximum Gasteiger partial charge on any atom is 0.331 e. The molecule has 0 aromatic heterocycles. The van der Waals surface area contributed by atoms with E-state index in [9.17, 15) is 24.0 Å². The Morgan fingerprint density at radius 1 is 0.402 bits per heavy atom. The van der Waals surface area contributed by atoms with E-state index >= 15 is 0 Å². The lowest BCUT2D eigenvalue weighted by molar-refractivity contribution is -0.249. The van der Waals surface area contributed by atoms with Crippen molar-refractivity contribution in [2.45, 2.75) is 76.4 Å². The van der Waals surface area contributed by atoms with Crippen LogP contribution >= 0.6 is 0 Å². The fourth-order valence-electron chi connectivity index (χ4n) is 6.81. The highest BCUT2D eigenvalue weighted by molar-refractivity contribution is 5.89. The van der Waals surface area contributed by atoms with Crippen molar-refractivity contribution in [3.8, 4) is 34.5 Å². The minimum absolute atomic E-state index is 0.0483. The second-order valence-corrected chi connectivity index (χ2v) is 16.6. The number of carbonyl (C=O) groups excluding carboxylic acids is 5. The molecular weight excluding hydrogens is 1070 g/mol. The summed E-state index contributed by atoms with van der Waals surface area (Å²) in [6.07, 6.45) is 15.1. The zero-order chi connectivity index (χ0) is 59.3. The summed E-state index contributed by atoms with van der Waals surface area (Å²) >= 11 is 0. The van der Waals surface area contributed by atoms with Crippen molar-refractivity contribution in [3.63, 3.8) is 0 Å². The highest BCUT2D eigenvalue weighted by Crippen LogP contribution is 2.43. The molecule has 1 saturated carbocycles. The molecule has 2 aromatic rings. The maximum atomic E-state index is 13.3. The van der Waals surface area contributed by atoms with E-state index in [2.05, 4.69) is 56.7 Å². The van der Waals surface area contributed by atoms with Crippen molar-refractivity contribution in [3.05, 3.63) is 141 Å². The van der Waals surface area contributed by atoms with Crippen LogP contribution in [0.3, 0.4) is 0 Å². The van der Waals surface area contributed by atoms with Gasteiger partial charge in [-0.25, -0.2) is 24.0 Å². The Hall–Kier alpha value is -8.87. The molecule has 0 heterocycles. The molecule has 1 fully saturated rings. The van der Waals surface area contributed by atoms with Gasteiger partial charge in [0, 0.05) is 80.0 Å². The Labute approximate surface area is 477 Å². The second kappa shape index (κ2) is 43.0. The van der Waals surface area contributed by atoms with E-state index < -0.39 is 42.1 Å². The molecule has 0 saturated heterocycles. The molecule has 22 heteroatoms. The van der Waals surface area contributed by atoms with Crippen LogP contribution < -0.4 is 28.4 Å². The normalized spacial score (nSPS) is 13.3. The number of ether oxygens (including phenoxy) is 11. The molecule has 22 nitrogen and oxygen atoms in total. The van der Waals surface area contributed by atoms with Gasteiger partial charge >= 0.3 is 29.8 Å². The van der Waals surface area contributed by atoms with Gasteiger partial charge in [0.15, 0.2) is 41.8 Å². The Kier molecular flexibility index (Phi) is 35.3. The molecule has 0 aliphatic heterocycles. The average molecular weight is 1150 g/mol. The summed E-state index contributed by atoms with van der Waals surface area (Å²) in [6, 6.07) is 6.66. The molecule has 0 bridgehead atoms. The summed E-state index contributed by atoms with van der Waals surface area (Å²) in [5.74, 6) is -1.46. The van der Waals surface area contributed by atoms with Crippen molar-refractivity contribution in [2.75, 3.05) is 79.3 Å². The summed E-state index contributed by atoms with van der Waals surface area (Å²) in [4.78, 5) is 91.1. The molecule has 0 N–H and O–H groups in total. The van der Waals surface area contributed by atoms with Gasteiger partial charge in [0.25, 0.3) is 0 Å². The van der Waals surface area contributed by atoms with Crippen LogP contribution in [0, 0.1) is 0 Å². The summed E-state index contributed by atoms with van der Waals surface area (Å²) in [5.41, 5.74) is 8.19. The Balaban J connectivity index is 1.75. The number of hydrogen-bond acceptors (Lipinski definition) is 22. The molecule has 2 aromatic carbocycles. The van der Waals surface area contributed by atoms with Crippen LogP contribution in [0.25, 0.3) is 12.2 Å². The maximum absolute atomic E-state index is 13.3. The van der Waals surface area contributed by atoms with Crippen molar-refractivity contribution >= 4 is 42.0 Å². The van der Waals surface area contributed by atoms with Crippen molar-refractivity contribution in [2.24, 2.45) is 0 Å². The van der Waals surface area contributed by atoms with Gasteiger partial charge in [0.2, 0.25) is 11.5 Å². The number of carbonyl (C=O) groups is 5. The van der Waals surface area contributed by atoms with Crippen LogP contribution in [0.4, 0.5) is 0 Å². The first-order chi connectivity index (χ1) is 40.1. The first kappa shape index (κ1) is 67.4. The first-order valence-electron chi connectivity index (χ1n) is 26.2. The van der Waals surface area contributed by atoms with E-state index in [4.69, 9.17) is 81.4 Å². The van der Waals surface area contributed by atoms with Crippen LogP contribution in [0.1, 0.15) is 75.3 Å². The number of esters is 5. The van der Waals surface area contributed by atoms with Gasteiger partial charge in [-0.1, -0.05) is 56.7 Å². The molecular formula is C60H72O22. The number of hydrogen-bond donors (Lipinski definition) is 0. The van der Waals surface area contributed by atoms with Crippen LogP contribution in [0.5, 0.6) is 34.5 Å². The van der Waals surface area contributed by atoms with Crippen molar-refractivity contribution in [1.29, 1.82) is 0 Å². The van der Waals surface area contributed by atoms with E-state index in [1.165, 1.54) is 36.8 Å². The fraction of sp³-hybridized carbons (Fsp3) is 0.400. The quantitative estimate of drug-likeness (QED) is 0.00876. The largest absolute Gasteiger partial charge is 0.489 e. The average Bonchev–Trinajstić information content (AvgIpc) is 3.65. The lowest BCUT2D eigenvalue weighted by atomic mass is 9.95. The summed E-state index contributed by atoms with van der Waals surface area (Å²) in [7, 11) is 0. The molecule has 1 aliphatic carbocycles. The molecule has 444 valence electrons. The van der Waals surface area contributed by atoms with Gasteiger partial charge in [0.05, 0.1) is 79.3 Å². The minimum atomic E-state index is -0.629. The van der Waals surface area contributed by atoms with Gasteiger partial charge in [-0.2, -0.15) is 14.7 Å². The van der Waals surface area contributed by atoms with E-state index in [0.29, 0.717) is 81.1 Å². The molecule has 82 heavy (non-hydrogen) atoms. The van der Waals surface area contributed by atoms with Gasteiger partial charge in [-0.15, -0.1) is 0 Å². The zero-order valence-corrected chi connectivity index (χ0v) is 46.0. The summed E-state index contributed by atoms with van der Waals surface area (Å²) in [6.45, 7) is 21.9. The predicted molar refractivity (Wildman–Crippen MR) is 296 cm³/mol. The zero-order valence-electron chi connectivity index (χ0n) is 46.0. The van der Waals surface area contributed by atoms with Gasteiger partial charge in [-0.3, -0.25) is 0 Å². The molecule has 0 atom stereocenters. The standard InChI is InChI=1S/C60H72O22/c1-7-31-75-78-43-16-35-67-51-28-20-46(57(71-39-14-37-69-53(62)11-5)60(51)74-42-18-45-80-77-33-9-3)21-29-55(64)81-48-23-25-49(26-24-48)82-56(65)30-22-47-19-27-50(66-34-13-36-68-52(61)10-4)59(73-40-15-38-70-54(63)12-6)58(47)72-41-17-44-79-76-32-8-2/h10-12,19-22,27-33,48-49H,1-6,13-18,23-26,34-45H2/b29-21+,30-22+. The third-order valence-electron chi connectivity index (χ3n) is 10.5. The smallest absolute Gasteiger partial charge is 0.331 e. The van der Waals surface area contributed by atoms with Gasteiger partial charge < -0.3 is 66.8 Å². The van der Waals surface area contributed by atoms with Gasteiger partial charge in [0.1, 0.15) is 12.2 Å². The van der Waals surface area contributed by atoms with Crippen molar-refractivity contribution < 1.29 is 105 Å². The number of benzene rings is 2. The van der Waals surface area contributed by atoms with E-state index in [0.717, 1.165) is 24.5 Å². The van der Waals surface area contributed by atoms with E-state index in [1.807, 2.05) is 0 Å². The highest BCUT2D eigenvalue weighted by Gasteiger charge is 2.26. The fourth-order valence-corrected chi connectivity index (χ4v) is 6.81. The predicted octanol–water partition coefficient (Wildman–Crippen LogP) is 9.35. The van der Waals surface area contributed by atoms with Crippen LogP contribution in [-0.2, 0) is 77.0 Å². The molecule has 3 rings (SSSR count). The Morgan fingerprint density at radius 2 is 0.707 bits per heavy atom. The minimum Gasteiger partial charge on any atom is -0.489 e. The lowest BCUT2D eigenvalue weighted by Crippen LogP contribution is -2.29. The topological polar surface area (TPSA) is 242 Å². The Bertz CT molecular complexity index is 2540.